The first-order valence-corrected chi connectivity index (χ1v) is 15.4. The van der Waals surface area contributed by atoms with Crippen LogP contribution in [-0.2, 0) is 26.2 Å². The first kappa shape index (κ1) is 31.5. The number of carbonyl (C=O) groups excluding carboxylic acids is 2. The molecular formula is C30H35Cl2N3O4S. The molecule has 10 heteroatoms. The highest BCUT2D eigenvalue weighted by molar-refractivity contribution is 7.92. The van der Waals surface area contributed by atoms with Crippen molar-refractivity contribution in [1.82, 2.24) is 10.2 Å². The summed E-state index contributed by atoms with van der Waals surface area (Å²) in [4.78, 5) is 28.7. The van der Waals surface area contributed by atoms with E-state index in [1.54, 1.807) is 60.7 Å². The van der Waals surface area contributed by atoms with E-state index in [1.807, 2.05) is 20.8 Å². The van der Waals surface area contributed by atoms with Gasteiger partial charge in [-0.1, -0.05) is 85.4 Å². The van der Waals surface area contributed by atoms with Gasteiger partial charge in [-0.05, 0) is 61.7 Å². The summed E-state index contributed by atoms with van der Waals surface area (Å²) in [5.41, 5.74) is 1.91. The van der Waals surface area contributed by atoms with Gasteiger partial charge in [0.2, 0.25) is 11.8 Å². The van der Waals surface area contributed by atoms with Crippen LogP contribution in [0.15, 0.2) is 77.7 Å². The van der Waals surface area contributed by atoms with Crippen molar-refractivity contribution in [2.75, 3.05) is 17.4 Å². The summed E-state index contributed by atoms with van der Waals surface area (Å²) in [6.07, 6.45) is 2.05. The number of para-hydroxylation sites is 1. The van der Waals surface area contributed by atoms with E-state index in [4.69, 9.17) is 23.2 Å². The second-order valence-corrected chi connectivity index (χ2v) is 12.2. The quantitative estimate of drug-likeness (QED) is 0.235. The molecule has 0 heterocycles. The zero-order valence-electron chi connectivity index (χ0n) is 22.9. The van der Waals surface area contributed by atoms with E-state index in [9.17, 15) is 18.0 Å². The molecule has 214 valence electrons. The van der Waals surface area contributed by atoms with Crippen LogP contribution < -0.4 is 9.62 Å². The number of nitrogens with one attached hydrogen (secondary N) is 1. The number of benzene rings is 3. The number of hydrogen-bond acceptors (Lipinski definition) is 4. The monoisotopic (exact) mass is 603 g/mol. The smallest absolute Gasteiger partial charge is 0.264 e. The zero-order chi connectivity index (χ0) is 29.3. The van der Waals surface area contributed by atoms with Crippen molar-refractivity contribution in [3.63, 3.8) is 0 Å². The van der Waals surface area contributed by atoms with Crippen molar-refractivity contribution < 1.29 is 18.0 Å². The molecule has 3 aromatic rings. The van der Waals surface area contributed by atoms with Crippen LogP contribution >= 0.6 is 23.2 Å². The Morgan fingerprint density at radius 2 is 1.60 bits per heavy atom. The van der Waals surface area contributed by atoms with Gasteiger partial charge in [0.25, 0.3) is 10.0 Å². The lowest BCUT2D eigenvalue weighted by Crippen LogP contribution is -2.52. The van der Waals surface area contributed by atoms with E-state index in [2.05, 4.69) is 5.32 Å². The van der Waals surface area contributed by atoms with Gasteiger partial charge >= 0.3 is 0 Å². The molecule has 2 amide bonds. The highest BCUT2D eigenvalue weighted by Crippen LogP contribution is 2.26. The number of rotatable bonds is 13. The SMILES string of the molecule is CCCCNC(=O)[C@@H](CC)N(Cc1ccc(Cl)c(Cl)c1)C(=O)CN(c1ccccc1)S(=O)(=O)c1ccc(C)cc1. The lowest BCUT2D eigenvalue weighted by molar-refractivity contribution is -0.140. The topological polar surface area (TPSA) is 86.8 Å². The van der Waals surface area contributed by atoms with Gasteiger partial charge in [0.15, 0.2) is 0 Å². The molecule has 0 spiro atoms. The van der Waals surface area contributed by atoms with E-state index in [0.29, 0.717) is 34.3 Å². The van der Waals surface area contributed by atoms with Gasteiger partial charge in [-0.3, -0.25) is 13.9 Å². The van der Waals surface area contributed by atoms with Crippen molar-refractivity contribution in [1.29, 1.82) is 0 Å². The van der Waals surface area contributed by atoms with Gasteiger partial charge in [0.1, 0.15) is 12.6 Å². The highest BCUT2D eigenvalue weighted by Gasteiger charge is 2.33. The Bertz CT molecular complexity index is 1400. The van der Waals surface area contributed by atoms with Crippen LogP contribution in [0.2, 0.25) is 10.0 Å². The summed E-state index contributed by atoms with van der Waals surface area (Å²) in [5, 5.41) is 3.60. The third-order valence-corrected chi connectivity index (χ3v) is 9.01. The average molecular weight is 605 g/mol. The fourth-order valence-electron chi connectivity index (χ4n) is 4.22. The lowest BCUT2D eigenvalue weighted by atomic mass is 10.1. The van der Waals surface area contributed by atoms with Gasteiger partial charge in [0.05, 0.1) is 20.6 Å². The number of sulfonamides is 1. The molecule has 0 aliphatic carbocycles. The van der Waals surface area contributed by atoms with Gasteiger partial charge < -0.3 is 10.2 Å². The minimum atomic E-state index is -4.11. The Morgan fingerprint density at radius 1 is 0.925 bits per heavy atom. The minimum absolute atomic E-state index is 0.0443. The second-order valence-electron chi connectivity index (χ2n) is 9.50. The van der Waals surface area contributed by atoms with Gasteiger partial charge in [-0.15, -0.1) is 0 Å². The maximum atomic E-state index is 14.0. The molecule has 40 heavy (non-hydrogen) atoms. The predicted molar refractivity (Wildman–Crippen MR) is 161 cm³/mol. The number of carbonyl (C=O) groups is 2. The van der Waals surface area contributed by atoms with Crippen molar-refractivity contribution in [2.45, 2.75) is 57.5 Å². The maximum Gasteiger partial charge on any atom is 0.264 e. The summed E-state index contributed by atoms with van der Waals surface area (Å²) >= 11 is 12.3. The summed E-state index contributed by atoms with van der Waals surface area (Å²) in [7, 11) is -4.11. The Labute approximate surface area is 247 Å². The van der Waals surface area contributed by atoms with Crippen LogP contribution in [0, 0.1) is 6.92 Å². The Hall–Kier alpha value is -3.07. The number of halogens is 2. The Kier molecular flexibility index (Phi) is 11.4. The minimum Gasteiger partial charge on any atom is -0.354 e. The number of amides is 2. The van der Waals surface area contributed by atoms with Crippen LogP contribution in [0.3, 0.4) is 0 Å². The summed E-state index contributed by atoms with van der Waals surface area (Å²) in [5.74, 6) is -0.819. The second kappa shape index (κ2) is 14.5. The van der Waals surface area contributed by atoms with Gasteiger partial charge in [0, 0.05) is 13.1 Å². The van der Waals surface area contributed by atoms with E-state index in [0.717, 1.165) is 22.7 Å². The van der Waals surface area contributed by atoms with Crippen LogP contribution in [0.5, 0.6) is 0 Å². The average Bonchev–Trinajstić information content (AvgIpc) is 2.94. The van der Waals surface area contributed by atoms with Crippen molar-refractivity contribution >= 4 is 50.7 Å². The van der Waals surface area contributed by atoms with Crippen molar-refractivity contribution in [3.8, 4) is 0 Å². The summed E-state index contributed by atoms with van der Waals surface area (Å²) in [6.45, 7) is 5.74. The van der Waals surface area contributed by atoms with Crippen LogP contribution in [0.1, 0.15) is 44.2 Å². The molecule has 1 N–H and O–H groups in total. The maximum absolute atomic E-state index is 14.0. The first-order valence-electron chi connectivity index (χ1n) is 13.2. The molecular weight excluding hydrogens is 569 g/mol. The van der Waals surface area contributed by atoms with E-state index in [-0.39, 0.29) is 17.3 Å². The molecule has 0 aliphatic heterocycles. The van der Waals surface area contributed by atoms with E-state index < -0.39 is 28.5 Å². The molecule has 0 saturated heterocycles. The van der Waals surface area contributed by atoms with Gasteiger partial charge in [-0.25, -0.2) is 8.42 Å². The molecule has 3 aromatic carbocycles. The number of unbranched alkanes of at least 4 members (excludes halogenated alkanes) is 1. The summed E-state index contributed by atoms with van der Waals surface area (Å²) in [6, 6.07) is 19.1. The molecule has 0 saturated carbocycles. The fraction of sp³-hybridized carbons (Fsp3) is 0.333. The summed E-state index contributed by atoms with van der Waals surface area (Å²) < 4.78 is 28.8. The third kappa shape index (κ3) is 7.99. The van der Waals surface area contributed by atoms with Gasteiger partial charge in [-0.2, -0.15) is 0 Å². The van der Waals surface area contributed by atoms with E-state index in [1.165, 1.54) is 17.0 Å². The third-order valence-electron chi connectivity index (χ3n) is 6.48. The normalized spacial score (nSPS) is 12.0. The molecule has 0 unspecified atom stereocenters. The molecule has 0 aliphatic rings. The molecule has 0 aromatic heterocycles. The zero-order valence-corrected chi connectivity index (χ0v) is 25.3. The molecule has 0 radical (unpaired) electrons. The number of anilines is 1. The first-order chi connectivity index (χ1) is 19.1. The molecule has 0 fully saturated rings. The number of hydrogen-bond donors (Lipinski definition) is 1. The molecule has 7 nitrogen and oxygen atoms in total. The fourth-order valence-corrected chi connectivity index (χ4v) is 5.96. The number of nitrogens with zero attached hydrogens (tertiary/aromatic N) is 2. The number of aryl methyl sites for hydroxylation is 1. The van der Waals surface area contributed by atoms with Crippen LogP contribution in [0.4, 0.5) is 5.69 Å². The largest absolute Gasteiger partial charge is 0.354 e. The molecule has 3 rings (SSSR count). The van der Waals surface area contributed by atoms with E-state index >= 15 is 0 Å². The van der Waals surface area contributed by atoms with Crippen LogP contribution in [0.25, 0.3) is 0 Å². The van der Waals surface area contributed by atoms with Crippen molar-refractivity contribution in [3.05, 3.63) is 94.0 Å². The lowest BCUT2D eigenvalue weighted by Gasteiger charge is -2.33. The molecule has 0 bridgehead atoms. The highest BCUT2D eigenvalue weighted by atomic mass is 35.5. The predicted octanol–water partition coefficient (Wildman–Crippen LogP) is 6.22. The standard InChI is InChI=1S/C30H35Cl2N3O4S/c1-4-6-18-33-30(37)28(5-2)34(20-23-14-17-26(31)27(32)19-23)29(36)21-35(24-10-8-7-9-11-24)40(38,39)25-15-12-22(3)13-16-25/h7-17,19,28H,4-6,18,20-21H2,1-3H3,(H,33,37)/t28-/m1/s1. The Balaban J connectivity index is 2.02. The Morgan fingerprint density at radius 3 is 2.20 bits per heavy atom. The van der Waals surface area contributed by atoms with Crippen molar-refractivity contribution in [2.24, 2.45) is 0 Å². The van der Waals surface area contributed by atoms with Crippen LogP contribution in [-0.4, -0.2) is 44.3 Å². The molecule has 1 atom stereocenters.